The van der Waals surface area contributed by atoms with E-state index in [0.29, 0.717) is 23.9 Å². The van der Waals surface area contributed by atoms with Crippen LogP contribution < -0.4 is 5.32 Å². The molecule has 0 radical (unpaired) electrons. The van der Waals surface area contributed by atoms with Crippen molar-refractivity contribution in [1.82, 2.24) is 20.0 Å². The highest BCUT2D eigenvalue weighted by molar-refractivity contribution is 9.10. The first kappa shape index (κ1) is 18.9. The highest BCUT2D eigenvalue weighted by Gasteiger charge is 2.28. The summed E-state index contributed by atoms with van der Waals surface area (Å²) in [7, 11) is 0. The number of benzene rings is 2. The van der Waals surface area contributed by atoms with Crippen molar-refractivity contribution in [2.75, 3.05) is 13.2 Å². The molecule has 142 valence electrons. The van der Waals surface area contributed by atoms with Crippen molar-refractivity contribution in [2.45, 2.75) is 6.04 Å². The number of halogens is 2. The van der Waals surface area contributed by atoms with Gasteiger partial charge in [0.05, 0.1) is 24.1 Å². The van der Waals surface area contributed by atoms with Gasteiger partial charge in [-0.15, -0.1) is 0 Å². The van der Waals surface area contributed by atoms with Gasteiger partial charge in [0.15, 0.2) is 5.69 Å². The van der Waals surface area contributed by atoms with Crippen LogP contribution in [-0.2, 0) is 4.79 Å². The number of aromatic nitrogens is 2. The lowest BCUT2D eigenvalue weighted by atomic mass is 10.1. The second kappa shape index (κ2) is 7.87. The zero-order chi connectivity index (χ0) is 19.7. The summed E-state index contributed by atoms with van der Waals surface area (Å²) in [4.78, 5) is 25.5. The molecule has 1 N–H and O–H groups in total. The third-order valence-corrected chi connectivity index (χ3v) is 5.24. The Balaban J connectivity index is 1.78. The van der Waals surface area contributed by atoms with Crippen molar-refractivity contribution in [3.8, 4) is 16.9 Å². The number of amides is 1. The maximum Gasteiger partial charge on any atom is 0.275 e. The molecule has 28 heavy (non-hydrogen) atoms. The van der Waals surface area contributed by atoms with Gasteiger partial charge in [0.25, 0.3) is 5.91 Å². The van der Waals surface area contributed by atoms with Crippen LogP contribution in [0, 0.1) is 0 Å². The number of hydrogen-bond acceptors (Lipinski definition) is 4. The molecule has 1 unspecified atom stereocenters. The van der Waals surface area contributed by atoms with E-state index in [-0.39, 0.29) is 11.9 Å². The molecule has 4 rings (SSSR count). The molecule has 2 heterocycles. The van der Waals surface area contributed by atoms with Crippen LogP contribution in [0.25, 0.3) is 16.9 Å². The van der Waals surface area contributed by atoms with Crippen molar-refractivity contribution >= 4 is 39.7 Å². The van der Waals surface area contributed by atoms with Gasteiger partial charge in [-0.25, -0.2) is 4.68 Å². The summed E-state index contributed by atoms with van der Waals surface area (Å²) in [6, 6.07) is 16.5. The number of nitrogens with one attached hydrogen (secondary N) is 1. The molecule has 1 aromatic heterocycles. The highest BCUT2D eigenvalue weighted by Crippen LogP contribution is 2.28. The first-order valence-corrected chi connectivity index (χ1v) is 9.82. The average molecular weight is 460 g/mol. The van der Waals surface area contributed by atoms with Crippen molar-refractivity contribution in [2.24, 2.45) is 0 Å². The second-order valence-corrected chi connectivity index (χ2v) is 7.80. The van der Waals surface area contributed by atoms with E-state index in [2.05, 4.69) is 26.3 Å². The predicted octanol–water partition coefficient (Wildman–Crippen LogP) is 3.53. The van der Waals surface area contributed by atoms with Crippen LogP contribution in [0.5, 0.6) is 0 Å². The van der Waals surface area contributed by atoms with E-state index in [9.17, 15) is 9.59 Å². The fourth-order valence-corrected chi connectivity index (χ4v) is 3.72. The van der Waals surface area contributed by atoms with Crippen LogP contribution in [0.1, 0.15) is 10.5 Å². The average Bonchev–Trinajstić information content (AvgIpc) is 3.35. The van der Waals surface area contributed by atoms with Crippen LogP contribution in [0.4, 0.5) is 0 Å². The van der Waals surface area contributed by atoms with Crippen LogP contribution >= 0.6 is 27.5 Å². The summed E-state index contributed by atoms with van der Waals surface area (Å²) in [6.07, 6.45) is 0.810. The first-order valence-electron chi connectivity index (χ1n) is 8.65. The Morgan fingerprint density at radius 3 is 2.75 bits per heavy atom. The Bertz CT molecular complexity index is 989. The molecule has 1 saturated heterocycles. The highest BCUT2D eigenvalue weighted by atomic mass is 79.9. The number of hydrogen-bond donors (Lipinski definition) is 1. The van der Waals surface area contributed by atoms with Gasteiger partial charge in [0.2, 0.25) is 0 Å². The maximum atomic E-state index is 12.9. The number of aldehydes is 1. The minimum atomic E-state index is -0.344. The quantitative estimate of drug-likeness (QED) is 0.606. The number of rotatable bonds is 4. The molecule has 0 spiro atoms. The Morgan fingerprint density at radius 2 is 2.04 bits per heavy atom. The summed E-state index contributed by atoms with van der Waals surface area (Å²) in [6.45, 7) is 0.650. The summed E-state index contributed by atoms with van der Waals surface area (Å²) in [5, 5.41) is 8.16. The predicted molar refractivity (Wildman–Crippen MR) is 111 cm³/mol. The molecule has 3 aromatic rings. The summed E-state index contributed by atoms with van der Waals surface area (Å²) in [5.41, 5.74) is 2.73. The largest absolute Gasteiger partial charge is 0.322 e. The zero-order valence-corrected chi connectivity index (χ0v) is 17.0. The topological polar surface area (TPSA) is 67.2 Å². The Morgan fingerprint density at radius 1 is 1.21 bits per heavy atom. The Hall–Kier alpha value is -2.48. The van der Waals surface area contributed by atoms with Crippen LogP contribution in [-0.4, -0.2) is 46.1 Å². The van der Waals surface area contributed by atoms with Gasteiger partial charge >= 0.3 is 0 Å². The molecule has 1 aliphatic heterocycles. The van der Waals surface area contributed by atoms with Crippen molar-refractivity contribution in [3.63, 3.8) is 0 Å². The number of carbonyl (C=O) groups excluding carboxylic acids is 2. The van der Waals surface area contributed by atoms with E-state index in [1.807, 2.05) is 42.5 Å². The maximum absolute atomic E-state index is 12.9. The lowest BCUT2D eigenvalue weighted by Crippen LogP contribution is -2.30. The normalized spacial score (nSPS) is 16.4. The number of nitrogens with zero attached hydrogens (tertiary/aromatic N) is 3. The van der Waals surface area contributed by atoms with Gasteiger partial charge in [0, 0.05) is 21.6 Å². The van der Waals surface area contributed by atoms with Gasteiger partial charge in [-0.2, -0.15) is 5.10 Å². The minimum absolute atomic E-state index is 0.228. The molecule has 8 heteroatoms. The first-order chi connectivity index (χ1) is 13.5. The molecule has 1 aliphatic rings. The molecular formula is C20H16BrClN4O2. The van der Waals surface area contributed by atoms with Gasteiger partial charge in [-0.1, -0.05) is 45.7 Å². The molecule has 1 atom stereocenters. The lowest BCUT2D eigenvalue weighted by Gasteiger charge is -2.12. The zero-order valence-electron chi connectivity index (χ0n) is 14.7. The summed E-state index contributed by atoms with van der Waals surface area (Å²) in [5.74, 6) is -0.228. The molecule has 1 fully saturated rings. The van der Waals surface area contributed by atoms with Crippen molar-refractivity contribution in [1.29, 1.82) is 0 Å². The Kier molecular flexibility index (Phi) is 5.30. The fourth-order valence-electron chi connectivity index (χ4n) is 3.15. The molecule has 0 saturated carbocycles. The smallest absolute Gasteiger partial charge is 0.275 e. The molecule has 1 amide bonds. The molecular weight excluding hydrogens is 444 g/mol. The SMILES string of the molecule is O=CC1CN(C(=O)c2cc(-c3cccc(Cl)c3)n(-c3cccc(Br)c3)n2)CN1. The van der Waals surface area contributed by atoms with Crippen LogP contribution in [0.15, 0.2) is 59.1 Å². The summed E-state index contributed by atoms with van der Waals surface area (Å²) >= 11 is 9.65. The third kappa shape index (κ3) is 3.73. The third-order valence-electron chi connectivity index (χ3n) is 4.51. The second-order valence-electron chi connectivity index (χ2n) is 6.45. The van der Waals surface area contributed by atoms with Gasteiger partial charge in [0.1, 0.15) is 6.29 Å². The van der Waals surface area contributed by atoms with Crippen molar-refractivity contribution in [3.05, 3.63) is 69.8 Å². The summed E-state index contributed by atoms with van der Waals surface area (Å²) < 4.78 is 2.63. The monoisotopic (exact) mass is 458 g/mol. The van der Waals surface area contributed by atoms with E-state index in [1.165, 1.54) is 0 Å². The molecule has 0 aliphatic carbocycles. The lowest BCUT2D eigenvalue weighted by molar-refractivity contribution is -0.109. The van der Waals surface area contributed by atoms with Crippen LogP contribution in [0.2, 0.25) is 5.02 Å². The Labute approximate surface area is 175 Å². The van der Waals surface area contributed by atoms with E-state index < -0.39 is 0 Å². The van der Waals surface area contributed by atoms with Gasteiger partial charge < -0.3 is 9.69 Å². The standard InChI is InChI=1S/C20H16BrClN4O2/c21-14-4-2-6-17(8-14)26-19(13-3-1-5-15(22)7-13)9-18(24-26)20(28)25-10-16(11-27)23-12-25/h1-9,11,16,23H,10,12H2. The van der Waals surface area contributed by atoms with Gasteiger partial charge in [-0.3, -0.25) is 10.1 Å². The fraction of sp³-hybridized carbons (Fsp3) is 0.150. The minimum Gasteiger partial charge on any atom is -0.322 e. The van der Waals surface area contributed by atoms with E-state index in [4.69, 9.17) is 11.6 Å². The van der Waals surface area contributed by atoms with E-state index in [0.717, 1.165) is 27.7 Å². The molecule has 6 nitrogen and oxygen atoms in total. The number of carbonyl (C=O) groups is 2. The molecule has 0 bridgehead atoms. The van der Waals surface area contributed by atoms with E-state index in [1.54, 1.807) is 21.7 Å². The van der Waals surface area contributed by atoms with Gasteiger partial charge in [-0.05, 0) is 36.4 Å². The van der Waals surface area contributed by atoms with Crippen LogP contribution in [0.3, 0.4) is 0 Å². The van der Waals surface area contributed by atoms with E-state index >= 15 is 0 Å². The molecule has 2 aromatic carbocycles. The van der Waals surface area contributed by atoms with Crippen molar-refractivity contribution < 1.29 is 9.59 Å².